The SMILES string of the molecule is CC1CCN(C(=O)C2C3CC(C4CCN(S(=O)(=O)C5CCC(N(C)C)CC5)CC4)CCN3NC2C(F)(F)F)CC1. The van der Waals surface area contributed by atoms with Crippen LogP contribution in [0.15, 0.2) is 0 Å². The van der Waals surface area contributed by atoms with Crippen LogP contribution < -0.4 is 5.43 Å². The Labute approximate surface area is 238 Å². The van der Waals surface area contributed by atoms with Gasteiger partial charge in [-0.2, -0.15) is 13.2 Å². The molecule has 4 heterocycles. The molecular weight excluding hydrogens is 543 g/mol. The Kier molecular flexibility index (Phi) is 9.13. The predicted molar refractivity (Wildman–Crippen MR) is 148 cm³/mol. The van der Waals surface area contributed by atoms with Crippen molar-refractivity contribution in [3.8, 4) is 0 Å². The average Bonchev–Trinajstić information content (AvgIpc) is 3.33. The third-order valence-corrected chi connectivity index (χ3v) is 13.2. The lowest BCUT2D eigenvalue weighted by Gasteiger charge is -2.43. The highest BCUT2D eigenvalue weighted by Gasteiger charge is 2.59. The van der Waals surface area contributed by atoms with Crippen molar-refractivity contribution in [3.63, 3.8) is 0 Å². The fourth-order valence-corrected chi connectivity index (χ4v) is 10.1. The monoisotopic (exact) mass is 591 g/mol. The number of carbonyl (C=O) groups excluding carboxylic acids is 1. The molecule has 1 N–H and O–H groups in total. The minimum absolute atomic E-state index is 0.201. The number of carbonyl (C=O) groups is 1. The van der Waals surface area contributed by atoms with E-state index >= 15 is 0 Å². The number of rotatable bonds is 5. The van der Waals surface area contributed by atoms with Gasteiger partial charge in [0.15, 0.2) is 0 Å². The molecule has 230 valence electrons. The summed E-state index contributed by atoms with van der Waals surface area (Å²) in [6.45, 7) is 4.64. The second-order valence-electron chi connectivity index (χ2n) is 13.4. The number of fused-ring (bicyclic) bond motifs is 1. The Bertz CT molecular complexity index is 988. The molecule has 5 rings (SSSR count). The largest absolute Gasteiger partial charge is 0.406 e. The first kappa shape index (κ1) is 30.5. The van der Waals surface area contributed by atoms with Gasteiger partial charge in [0.05, 0.1) is 11.2 Å². The zero-order chi connectivity index (χ0) is 28.8. The Hall–Kier alpha value is -0.950. The van der Waals surface area contributed by atoms with Crippen LogP contribution >= 0.6 is 0 Å². The van der Waals surface area contributed by atoms with Crippen LogP contribution in [0.5, 0.6) is 0 Å². The third-order valence-electron chi connectivity index (χ3n) is 10.8. The molecule has 4 atom stereocenters. The van der Waals surface area contributed by atoms with E-state index in [9.17, 15) is 26.4 Å². The number of nitrogens with one attached hydrogen (secondary N) is 1. The molecule has 8 nitrogen and oxygen atoms in total. The highest BCUT2D eigenvalue weighted by molar-refractivity contribution is 7.89. The number of nitrogens with zero attached hydrogens (tertiary/aromatic N) is 4. The predicted octanol–water partition coefficient (Wildman–Crippen LogP) is 3.31. The van der Waals surface area contributed by atoms with E-state index in [4.69, 9.17) is 0 Å². The first-order valence-electron chi connectivity index (χ1n) is 15.4. The molecule has 1 amide bonds. The number of hydrogen-bond acceptors (Lipinski definition) is 6. The van der Waals surface area contributed by atoms with Crippen molar-refractivity contribution in [2.45, 2.75) is 101 Å². The quantitative estimate of drug-likeness (QED) is 0.529. The number of sulfonamides is 1. The number of hydrogen-bond donors (Lipinski definition) is 1. The van der Waals surface area contributed by atoms with Crippen LogP contribution in [0.1, 0.15) is 71.1 Å². The molecule has 1 saturated carbocycles. The van der Waals surface area contributed by atoms with Crippen molar-refractivity contribution in [2.24, 2.45) is 23.7 Å². The molecule has 1 aliphatic carbocycles. The Morgan fingerprint density at radius 3 is 2.02 bits per heavy atom. The number of likely N-dealkylation sites (tertiary alicyclic amines) is 1. The van der Waals surface area contributed by atoms with E-state index in [0.717, 1.165) is 44.9 Å². The fraction of sp³-hybridized carbons (Fsp3) is 0.964. The molecule has 0 aromatic carbocycles. The first-order chi connectivity index (χ1) is 18.9. The summed E-state index contributed by atoms with van der Waals surface area (Å²) < 4.78 is 70.9. The highest BCUT2D eigenvalue weighted by atomic mass is 32.2. The Balaban J connectivity index is 1.21. The lowest BCUT2D eigenvalue weighted by molar-refractivity contribution is -0.172. The van der Waals surface area contributed by atoms with Crippen molar-refractivity contribution in [1.82, 2.24) is 24.5 Å². The number of hydrazine groups is 1. The third kappa shape index (κ3) is 6.21. The summed E-state index contributed by atoms with van der Waals surface area (Å²) in [6, 6.07) is -1.89. The summed E-state index contributed by atoms with van der Waals surface area (Å²) in [6.07, 6.45) is 3.15. The van der Waals surface area contributed by atoms with Crippen LogP contribution in [0.3, 0.4) is 0 Å². The fourth-order valence-electron chi connectivity index (χ4n) is 8.13. The molecule has 5 aliphatic rings. The van der Waals surface area contributed by atoms with Crippen LogP contribution in [-0.4, -0.2) is 110 Å². The van der Waals surface area contributed by atoms with E-state index in [1.54, 1.807) is 14.2 Å². The smallest absolute Gasteiger partial charge is 0.342 e. The van der Waals surface area contributed by atoms with E-state index in [-0.39, 0.29) is 23.0 Å². The summed E-state index contributed by atoms with van der Waals surface area (Å²) in [5.74, 6) is -0.530. The lowest BCUT2D eigenvalue weighted by Crippen LogP contribution is -2.52. The van der Waals surface area contributed by atoms with Gasteiger partial charge in [-0.1, -0.05) is 6.92 Å². The van der Waals surface area contributed by atoms with Crippen molar-refractivity contribution < 1.29 is 26.4 Å². The van der Waals surface area contributed by atoms with E-state index in [1.807, 2.05) is 14.1 Å². The molecule has 4 aliphatic heterocycles. The summed E-state index contributed by atoms with van der Waals surface area (Å²) in [4.78, 5) is 17.4. The standard InChI is InChI=1S/C28H48F3N5O3S/c1-19-8-13-34(14-9-19)27(37)25-24-18-21(12-17-36(24)32-26(25)28(29,30)31)20-10-15-35(16-11-20)40(38,39)23-6-4-22(5-7-23)33(2)3/h19-26,32H,4-18H2,1-3H3. The molecule has 0 radical (unpaired) electrons. The number of alkyl halides is 3. The van der Waals surface area contributed by atoms with Crippen molar-refractivity contribution >= 4 is 15.9 Å². The molecule has 5 fully saturated rings. The van der Waals surface area contributed by atoms with Crippen LogP contribution in [0.4, 0.5) is 13.2 Å². The van der Waals surface area contributed by atoms with Gasteiger partial charge in [-0.05, 0) is 96.1 Å². The van der Waals surface area contributed by atoms with E-state index in [1.165, 1.54) is 0 Å². The minimum Gasteiger partial charge on any atom is -0.342 e. The van der Waals surface area contributed by atoms with Crippen molar-refractivity contribution in [3.05, 3.63) is 0 Å². The summed E-state index contributed by atoms with van der Waals surface area (Å²) >= 11 is 0. The molecule has 0 aromatic heterocycles. The second-order valence-corrected chi connectivity index (χ2v) is 15.6. The lowest BCUT2D eigenvalue weighted by atomic mass is 9.74. The normalized spacial score (nSPS) is 36.2. The Morgan fingerprint density at radius 2 is 1.45 bits per heavy atom. The number of amides is 1. The van der Waals surface area contributed by atoms with E-state index in [2.05, 4.69) is 17.2 Å². The molecule has 0 bridgehead atoms. The van der Waals surface area contributed by atoms with Gasteiger partial charge < -0.3 is 9.80 Å². The maximum atomic E-state index is 14.1. The van der Waals surface area contributed by atoms with E-state index in [0.29, 0.717) is 63.9 Å². The molecule has 4 unspecified atom stereocenters. The molecule has 0 aromatic rings. The van der Waals surface area contributed by atoms with Crippen LogP contribution in [0.25, 0.3) is 0 Å². The molecule has 0 spiro atoms. The van der Waals surface area contributed by atoms with Crippen LogP contribution in [0, 0.1) is 23.7 Å². The second kappa shape index (κ2) is 12.0. The number of piperidine rings is 3. The first-order valence-corrected chi connectivity index (χ1v) is 16.9. The minimum atomic E-state index is -4.50. The van der Waals surface area contributed by atoms with E-state index < -0.39 is 34.2 Å². The van der Waals surface area contributed by atoms with Gasteiger partial charge in [-0.3, -0.25) is 4.79 Å². The van der Waals surface area contributed by atoms with Crippen molar-refractivity contribution in [1.29, 1.82) is 0 Å². The maximum absolute atomic E-state index is 14.1. The van der Waals surface area contributed by atoms with Gasteiger partial charge in [0.1, 0.15) is 6.04 Å². The van der Waals surface area contributed by atoms with Gasteiger partial charge in [-0.25, -0.2) is 23.2 Å². The summed E-state index contributed by atoms with van der Waals surface area (Å²) in [5.41, 5.74) is 2.68. The van der Waals surface area contributed by atoms with Gasteiger partial charge >= 0.3 is 6.18 Å². The molecule has 4 saturated heterocycles. The molecule has 40 heavy (non-hydrogen) atoms. The zero-order valence-electron chi connectivity index (χ0n) is 24.3. The average molecular weight is 592 g/mol. The highest BCUT2D eigenvalue weighted by Crippen LogP contribution is 2.44. The topological polar surface area (TPSA) is 76.2 Å². The van der Waals surface area contributed by atoms with Gasteiger partial charge in [0, 0.05) is 44.8 Å². The van der Waals surface area contributed by atoms with Gasteiger partial charge in [0.25, 0.3) is 0 Å². The summed E-state index contributed by atoms with van der Waals surface area (Å²) in [5, 5.41) is 1.38. The van der Waals surface area contributed by atoms with Crippen molar-refractivity contribution in [2.75, 3.05) is 46.8 Å². The number of halogens is 3. The van der Waals surface area contributed by atoms with Crippen LogP contribution in [-0.2, 0) is 14.8 Å². The summed E-state index contributed by atoms with van der Waals surface area (Å²) in [7, 11) is 0.754. The van der Waals surface area contributed by atoms with Gasteiger partial charge in [0.2, 0.25) is 15.9 Å². The molecule has 12 heteroatoms. The maximum Gasteiger partial charge on any atom is 0.406 e. The van der Waals surface area contributed by atoms with Crippen LogP contribution in [0.2, 0.25) is 0 Å². The zero-order valence-corrected chi connectivity index (χ0v) is 25.1. The van der Waals surface area contributed by atoms with Gasteiger partial charge in [-0.15, -0.1) is 0 Å². The molecular formula is C28H48F3N5O3S. The Morgan fingerprint density at radius 1 is 0.850 bits per heavy atom.